The van der Waals surface area contributed by atoms with Crippen molar-refractivity contribution < 1.29 is 9.59 Å². The lowest BCUT2D eigenvalue weighted by molar-refractivity contribution is -0.135. The Hall–Kier alpha value is -0.830. The van der Waals surface area contributed by atoms with Crippen LogP contribution in [0.15, 0.2) is 5.03 Å². The average Bonchev–Trinajstić information content (AvgIpc) is 1.98. The summed E-state index contributed by atoms with van der Waals surface area (Å²) in [5, 5.41) is -0.137. The molecule has 0 aromatic rings. The quantitative estimate of drug-likeness (QED) is 0.446. The minimum absolute atomic E-state index is 0.137. The van der Waals surface area contributed by atoms with Crippen LogP contribution in [-0.4, -0.2) is 23.8 Å². The van der Waals surface area contributed by atoms with Crippen molar-refractivity contribution in [3.8, 4) is 0 Å². The zero-order valence-corrected chi connectivity index (χ0v) is 5.40. The fourth-order valence-electron chi connectivity index (χ4n) is 0.471. The molecule has 0 aliphatic carbocycles. The van der Waals surface area contributed by atoms with Crippen LogP contribution >= 0.6 is 11.6 Å². The molecule has 2 amide bonds. The number of hydrogen-bond acceptors (Lipinski definition) is 2. The molecule has 0 atom stereocenters. The normalized spacial score (nSPS) is 18.9. The van der Waals surface area contributed by atoms with Gasteiger partial charge in [0.1, 0.15) is 5.03 Å². The maximum Gasteiger partial charge on any atom is 0.272 e. The molecular weight excluding hydrogens is 142 g/mol. The lowest BCUT2D eigenvalue weighted by Gasteiger charge is -2.02. The Bertz CT molecular complexity index is 209. The van der Waals surface area contributed by atoms with Crippen LogP contribution in [0.5, 0.6) is 0 Å². The molecule has 0 aromatic heterocycles. The summed E-state index contributed by atoms with van der Waals surface area (Å²) in [5.41, 5.74) is 0. The summed E-state index contributed by atoms with van der Waals surface area (Å²) >= 11 is 5.25. The van der Waals surface area contributed by atoms with E-state index in [1.807, 2.05) is 0 Å². The minimum atomic E-state index is -0.485. The number of amides is 2. The van der Waals surface area contributed by atoms with E-state index in [1.54, 1.807) is 0 Å². The van der Waals surface area contributed by atoms with Gasteiger partial charge in [0, 0.05) is 7.05 Å². The molecule has 0 bridgehead atoms. The van der Waals surface area contributed by atoms with E-state index in [0.717, 1.165) is 4.90 Å². The lowest BCUT2D eigenvalue weighted by Crippen LogP contribution is -2.25. The summed E-state index contributed by atoms with van der Waals surface area (Å²) in [6.07, 6.45) is 2.14. The van der Waals surface area contributed by atoms with E-state index < -0.39 is 11.8 Å². The fraction of sp³-hybridized carbons (Fsp3) is 0.200. The van der Waals surface area contributed by atoms with Crippen molar-refractivity contribution in [3.05, 3.63) is 11.1 Å². The zero-order chi connectivity index (χ0) is 7.02. The van der Waals surface area contributed by atoms with Gasteiger partial charge in [-0.3, -0.25) is 14.5 Å². The molecule has 47 valence electrons. The largest absolute Gasteiger partial charge is 0.277 e. The zero-order valence-electron chi connectivity index (χ0n) is 4.64. The molecule has 1 radical (unpaired) electrons. The Kier molecular flexibility index (Phi) is 1.29. The summed E-state index contributed by atoms with van der Waals surface area (Å²) in [6.45, 7) is 0. The van der Waals surface area contributed by atoms with Crippen molar-refractivity contribution in [1.82, 2.24) is 4.90 Å². The number of carbonyl (C=O) groups is 2. The van der Waals surface area contributed by atoms with Gasteiger partial charge in [0.15, 0.2) is 0 Å². The third-order valence-corrected chi connectivity index (χ3v) is 1.27. The third-order valence-electron chi connectivity index (χ3n) is 1.01. The van der Waals surface area contributed by atoms with Crippen molar-refractivity contribution in [2.75, 3.05) is 7.05 Å². The maximum atomic E-state index is 10.6. The third kappa shape index (κ3) is 0.833. The molecule has 0 unspecified atom stereocenters. The van der Waals surface area contributed by atoms with Gasteiger partial charge in [-0.05, 0) is 0 Å². The average molecular weight is 145 g/mol. The highest BCUT2D eigenvalue weighted by atomic mass is 35.5. The molecule has 1 aliphatic heterocycles. The molecule has 1 aliphatic rings. The Morgan fingerprint density at radius 1 is 1.56 bits per heavy atom. The maximum absolute atomic E-state index is 10.6. The Balaban J connectivity index is 2.95. The molecule has 0 aromatic carbocycles. The van der Waals surface area contributed by atoms with Crippen molar-refractivity contribution in [1.29, 1.82) is 0 Å². The van der Waals surface area contributed by atoms with Gasteiger partial charge in [-0.25, -0.2) is 0 Å². The molecule has 0 spiro atoms. The van der Waals surface area contributed by atoms with Gasteiger partial charge in [-0.15, -0.1) is 0 Å². The molecule has 1 heterocycles. The van der Waals surface area contributed by atoms with E-state index in [1.165, 1.54) is 7.05 Å². The first-order valence-corrected chi connectivity index (χ1v) is 2.62. The highest BCUT2D eigenvalue weighted by Gasteiger charge is 2.26. The van der Waals surface area contributed by atoms with Crippen LogP contribution in [0, 0.1) is 6.08 Å². The number of imide groups is 1. The number of halogens is 1. The SMILES string of the molecule is CN1C(=O)[C]=C(Cl)C1=O. The van der Waals surface area contributed by atoms with Crippen molar-refractivity contribution in [2.45, 2.75) is 0 Å². The number of nitrogens with zero attached hydrogens (tertiary/aromatic N) is 1. The minimum Gasteiger partial charge on any atom is -0.277 e. The number of carbonyl (C=O) groups excluding carboxylic acids is 2. The van der Waals surface area contributed by atoms with E-state index in [-0.39, 0.29) is 5.03 Å². The summed E-state index contributed by atoms with van der Waals surface area (Å²) in [4.78, 5) is 22.0. The van der Waals surface area contributed by atoms with Gasteiger partial charge in [0.05, 0.1) is 6.08 Å². The predicted molar refractivity (Wildman–Crippen MR) is 30.4 cm³/mol. The van der Waals surface area contributed by atoms with Crippen molar-refractivity contribution in [3.63, 3.8) is 0 Å². The smallest absolute Gasteiger partial charge is 0.272 e. The second-order valence-corrected chi connectivity index (χ2v) is 1.99. The highest BCUT2D eigenvalue weighted by molar-refractivity contribution is 6.45. The molecular formula is C5H3ClNO2. The van der Waals surface area contributed by atoms with Crippen LogP contribution in [0.2, 0.25) is 0 Å². The van der Waals surface area contributed by atoms with E-state index in [9.17, 15) is 9.59 Å². The number of likely N-dealkylation sites (N-methyl/N-ethyl adjacent to an activating group) is 1. The van der Waals surface area contributed by atoms with Crippen LogP contribution in [0.25, 0.3) is 0 Å². The van der Waals surface area contributed by atoms with Gasteiger partial charge in [0.2, 0.25) is 0 Å². The number of hydrogen-bond donors (Lipinski definition) is 0. The lowest BCUT2D eigenvalue weighted by atomic mass is 10.6. The van der Waals surface area contributed by atoms with E-state index in [4.69, 9.17) is 11.6 Å². The van der Waals surface area contributed by atoms with Gasteiger partial charge in [-0.2, -0.15) is 0 Å². The monoisotopic (exact) mass is 144 g/mol. The topological polar surface area (TPSA) is 37.4 Å². The summed E-state index contributed by atoms with van der Waals surface area (Å²) in [7, 11) is 1.35. The molecule has 9 heavy (non-hydrogen) atoms. The highest BCUT2D eigenvalue weighted by Crippen LogP contribution is 2.12. The molecule has 0 saturated carbocycles. The summed E-state index contributed by atoms with van der Waals surface area (Å²) in [5.74, 6) is -0.966. The van der Waals surface area contributed by atoms with E-state index in [2.05, 4.69) is 6.08 Å². The Morgan fingerprint density at radius 3 is 2.22 bits per heavy atom. The van der Waals surface area contributed by atoms with Crippen LogP contribution < -0.4 is 0 Å². The van der Waals surface area contributed by atoms with Crippen molar-refractivity contribution >= 4 is 23.4 Å². The molecule has 0 saturated heterocycles. The summed E-state index contributed by atoms with van der Waals surface area (Å²) < 4.78 is 0. The second-order valence-electron chi connectivity index (χ2n) is 1.61. The standard InChI is InChI=1S/C5H3ClNO2/c1-7-4(8)2-3(6)5(7)9/h1H3. The molecule has 3 nitrogen and oxygen atoms in total. The van der Waals surface area contributed by atoms with E-state index in [0.29, 0.717) is 0 Å². The van der Waals surface area contributed by atoms with Crippen LogP contribution in [0.3, 0.4) is 0 Å². The molecule has 0 N–H and O–H groups in total. The van der Waals surface area contributed by atoms with Gasteiger partial charge >= 0.3 is 0 Å². The fourth-order valence-corrected chi connectivity index (χ4v) is 0.678. The predicted octanol–water partition coefficient (Wildman–Crippen LogP) is -0.0891. The Labute approximate surface area is 56.9 Å². The van der Waals surface area contributed by atoms with Crippen LogP contribution in [-0.2, 0) is 9.59 Å². The Morgan fingerprint density at radius 2 is 2.11 bits per heavy atom. The van der Waals surface area contributed by atoms with Gasteiger partial charge in [-0.1, -0.05) is 11.6 Å². The van der Waals surface area contributed by atoms with Crippen LogP contribution in [0.1, 0.15) is 0 Å². The first kappa shape index (κ1) is 6.29. The first-order chi connectivity index (χ1) is 4.13. The van der Waals surface area contributed by atoms with Crippen molar-refractivity contribution in [2.24, 2.45) is 0 Å². The van der Waals surface area contributed by atoms with Gasteiger partial charge < -0.3 is 0 Å². The van der Waals surface area contributed by atoms with E-state index >= 15 is 0 Å². The number of rotatable bonds is 0. The van der Waals surface area contributed by atoms with Gasteiger partial charge in [0.25, 0.3) is 11.8 Å². The molecule has 0 fully saturated rings. The second kappa shape index (κ2) is 1.84. The summed E-state index contributed by atoms with van der Waals surface area (Å²) in [6, 6.07) is 0. The molecule has 4 heteroatoms. The van der Waals surface area contributed by atoms with Crippen LogP contribution in [0.4, 0.5) is 0 Å². The first-order valence-electron chi connectivity index (χ1n) is 2.24. The molecule has 1 rings (SSSR count).